The molecule has 1 aromatic rings. The van der Waals surface area contributed by atoms with E-state index in [0.29, 0.717) is 12.2 Å². The number of benzene rings is 1. The van der Waals surface area contributed by atoms with Crippen LogP contribution in [0.2, 0.25) is 0 Å². The molecule has 7 nitrogen and oxygen atoms in total. The summed E-state index contributed by atoms with van der Waals surface area (Å²) in [7, 11) is -1.87. The second-order valence-electron chi connectivity index (χ2n) is 5.57. The molecule has 0 saturated carbocycles. The Morgan fingerprint density at radius 3 is 2.54 bits per heavy atom. The minimum absolute atomic E-state index is 0.0180. The summed E-state index contributed by atoms with van der Waals surface area (Å²) >= 11 is 0. The molecule has 1 amide bonds. The maximum absolute atomic E-state index is 12.5. The molecule has 8 heteroatoms. The number of carbonyl (C=O) groups excluding carboxylic acids is 2. The molecule has 2 rings (SSSR count). The van der Waals surface area contributed by atoms with E-state index in [2.05, 4.69) is 4.74 Å². The first kappa shape index (κ1) is 18.3. The molecule has 1 saturated heterocycles. The highest BCUT2D eigenvalue weighted by Gasteiger charge is 2.34. The minimum atomic E-state index is -3.14. The number of para-hydroxylation sites is 1. The Morgan fingerprint density at radius 1 is 1.25 bits per heavy atom. The van der Waals surface area contributed by atoms with Gasteiger partial charge in [0, 0.05) is 12.6 Å². The molecule has 0 radical (unpaired) electrons. The van der Waals surface area contributed by atoms with Crippen molar-refractivity contribution in [2.24, 2.45) is 0 Å². The van der Waals surface area contributed by atoms with E-state index in [0.717, 1.165) is 0 Å². The van der Waals surface area contributed by atoms with Gasteiger partial charge in [-0.2, -0.15) is 0 Å². The highest BCUT2D eigenvalue weighted by atomic mass is 32.2. The van der Waals surface area contributed by atoms with Crippen molar-refractivity contribution < 1.29 is 27.5 Å². The molecular weight excluding hydrogens is 334 g/mol. The number of hydrogen-bond donors (Lipinski definition) is 0. The summed E-state index contributed by atoms with van der Waals surface area (Å²) in [5.41, 5.74) is 0. The van der Waals surface area contributed by atoms with Crippen molar-refractivity contribution in [1.29, 1.82) is 0 Å². The number of rotatable bonds is 7. The van der Waals surface area contributed by atoms with E-state index in [9.17, 15) is 18.0 Å². The maximum Gasteiger partial charge on any atom is 0.307 e. The van der Waals surface area contributed by atoms with Crippen LogP contribution in [0.1, 0.15) is 12.8 Å². The Balaban J connectivity index is 2.00. The summed E-state index contributed by atoms with van der Waals surface area (Å²) < 4.78 is 33.4. The Bertz CT molecular complexity index is 673. The van der Waals surface area contributed by atoms with Crippen molar-refractivity contribution in [3.05, 3.63) is 30.3 Å². The molecule has 132 valence electrons. The van der Waals surface area contributed by atoms with Crippen LogP contribution < -0.4 is 4.74 Å². The van der Waals surface area contributed by atoms with Crippen LogP contribution in [0.5, 0.6) is 5.75 Å². The number of sulfone groups is 1. The zero-order chi connectivity index (χ0) is 17.6. The van der Waals surface area contributed by atoms with Crippen molar-refractivity contribution in [2.75, 3.05) is 31.8 Å². The summed E-state index contributed by atoms with van der Waals surface area (Å²) in [5.74, 6) is -0.259. The minimum Gasteiger partial charge on any atom is -0.484 e. The molecule has 0 spiro atoms. The highest BCUT2D eigenvalue weighted by Crippen LogP contribution is 2.19. The lowest BCUT2D eigenvalue weighted by molar-refractivity contribution is -0.142. The summed E-state index contributed by atoms with van der Waals surface area (Å²) in [5, 5.41) is 0. The van der Waals surface area contributed by atoms with Crippen LogP contribution in [0, 0.1) is 0 Å². The summed E-state index contributed by atoms with van der Waals surface area (Å²) in [4.78, 5) is 25.2. The fourth-order valence-electron chi connectivity index (χ4n) is 2.59. The molecule has 1 aliphatic rings. The van der Waals surface area contributed by atoms with Crippen LogP contribution in [0.15, 0.2) is 30.3 Å². The first-order valence-corrected chi connectivity index (χ1v) is 9.48. The first-order valence-electron chi connectivity index (χ1n) is 7.66. The second-order valence-corrected chi connectivity index (χ2v) is 7.80. The molecule has 0 aromatic heterocycles. The molecule has 1 atom stereocenters. The molecule has 24 heavy (non-hydrogen) atoms. The number of nitrogens with zero attached hydrogens (tertiary/aromatic N) is 1. The number of amides is 1. The molecule has 1 aliphatic heterocycles. The summed E-state index contributed by atoms with van der Waals surface area (Å²) in [6.45, 7) is -0.0917. The molecule has 0 aliphatic carbocycles. The zero-order valence-electron chi connectivity index (χ0n) is 13.5. The van der Waals surface area contributed by atoms with Gasteiger partial charge in [-0.15, -0.1) is 0 Å². The van der Waals surface area contributed by atoms with E-state index in [1.54, 1.807) is 24.3 Å². The molecule has 0 N–H and O–H groups in total. The van der Waals surface area contributed by atoms with Gasteiger partial charge in [-0.05, 0) is 18.6 Å². The van der Waals surface area contributed by atoms with E-state index in [1.165, 1.54) is 12.0 Å². The van der Waals surface area contributed by atoms with Crippen molar-refractivity contribution >= 4 is 21.7 Å². The number of esters is 1. The quantitative estimate of drug-likeness (QED) is 0.667. The molecular formula is C16H21NO6S. The van der Waals surface area contributed by atoms with Crippen LogP contribution in [0.3, 0.4) is 0 Å². The molecule has 0 unspecified atom stereocenters. The Kier molecular flexibility index (Phi) is 6.19. The van der Waals surface area contributed by atoms with Crippen molar-refractivity contribution in [3.8, 4) is 5.75 Å². The van der Waals surface area contributed by atoms with E-state index in [1.807, 2.05) is 6.07 Å². The van der Waals surface area contributed by atoms with Gasteiger partial charge in [-0.25, -0.2) is 8.42 Å². The standard InChI is InChI=1S/C16H21NO6S/c1-22-16(19)7-9-17(13-8-10-24(20,21)12-13)15(18)11-23-14-5-3-2-4-6-14/h2-6,13H,7-12H2,1H3/t13-/m1/s1. The van der Waals surface area contributed by atoms with E-state index in [4.69, 9.17) is 4.74 Å². The van der Waals surface area contributed by atoms with Crippen molar-refractivity contribution in [1.82, 2.24) is 4.90 Å². The van der Waals surface area contributed by atoms with Gasteiger partial charge in [0.2, 0.25) is 0 Å². The summed E-state index contributed by atoms with van der Waals surface area (Å²) in [6.07, 6.45) is 0.394. The Hall–Kier alpha value is -2.09. The van der Waals surface area contributed by atoms with Crippen LogP contribution in [-0.4, -0.2) is 63.0 Å². The zero-order valence-corrected chi connectivity index (χ0v) is 14.3. The van der Waals surface area contributed by atoms with Gasteiger partial charge >= 0.3 is 5.97 Å². The highest BCUT2D eigenvalue weighted by molar-refractivity contribution is 7.91. The number of carbonyl (C=O) groups is 2. The van der Waals surface area contributed by atoms with Gasteiger partial charge < -0.3 is 14.4 Å². The van der Waals surface area contributed by atoms with E-state index >= 15 is 0 Å². The SMILES string of the molecule is COC(=O)CCN(C(=O)COc1ccccc1)[C@@H]1CCS(=O)(=O)C1. The summed E-state index contributed by atoms with van der Waals surface area (Å²) in [6, 6.07) is 8.45. The average Bonchev–Trinajstić information content (AvgIpc) is 2.93. The van der Waals surface area contributed by atoms with Gasteiger partial charge in [-0.3, -0.25) is 9.59 Å². The van der Waals surface area contributed by atoms with Gasteiger partial charge in [0.15, 0.2) is 16.4 Å². The van der Waals surface area contributed by atoms with Crippen LogP contribution >= 0.6 is 0 Å². The lowest BCUT2D eigenvalue weighted by atomic mass is 10.2. The maximum atomic E-state index is 12.5. The lowest BCUT2D eigenvalue weighted by Crippen LogP contribution is -2.44. The van der Waals surface area contributed by atoms with Crippen LogP contribution in [0.25, 0.3) is 0 Å². The Morgan fingerprint density at radius 2 is 1.96 bits per heavy atom. The smallest absolute Gasteiger partial charge is 0.307 e. The predicted octanol–water partition coefficient (Wildman–Crippen LogP) is 0.644. The molecule has 1 aromatic carbocycles. The second kappa shape index (κ2) is 8.14. The third-order valence-corrected chi connectivity index (χ3v) is 5.61. The van der Waals surface area contributed by atoms with Gasteiger partial charge in [0.1, 0.15) is 5.75 Å². The normalized spacial score (nSPS) is 18.8. The van der Waals surface area contributed by atoms with Crippen LogP contribution in [-0.2, 0) is 24.2 Å². The third kappa shape index (κ3) is 5.23. The molecule has 0 bridgehead atoms. The molecule has 1 heterocycles. The first-order chi connectivity index (χ1) is 11.4. The number of ether oxygens (including phenoxy) is 2. The molecule has 1 fully saturated rings. The van der Waals surface area contributed by atoms with Gasteiger partial charge in [0.25, 0.3) is 5.91 Å². The van der Waals surface area contributed by atoms with E-state index < -0.39 is 21.8 Å². The van der Waals surface area contributed by atoms with Crippen molar-refractivity contribution in [3.63, 3.8) is 0 Å². The topological polar surface area (TPSA) is 90.0 Å². The fourth-order valence-corrected chi connectivity index (χ4v) is 4.32. The predicted molar refractivity (Wildman–Crippen MR) is 87.3 cm³/mol. The fraction of sp³-hybridized carbons (Fsp3) is 0.500. The van der Waals surface area contributed by atoms with Crippen LogP contribution in [0.4, 0.5) is 0 Å². The Labute approximate surface area is 141 Å². The van der Waals surface area contributed by atoms with Gasteiger partial charge in [0.05, 0.1) is 25.0 Å². The van der Waals surface area contributed by atoms with Gasteiger partial charge in [-0.1, -0.05) is 18.2 Å². The number of methoxy groups -OCH3 is 1. The monoisotopic (exact) mass is 355 g/mol. The largest absolute Gasteiger partial charge is 0.484 e. The van der Waals surface area contributed by atoms with E-state index in [-0.39, 0.29) is 37.0 Å². The van der Waals surface area contributed by atoms with Crippen molar-refractivity contribution in [2.45, 2.75) is 18.9 Å². The lowest BCUT2D eigenvalue weighted by Gasteiger charge is -2.28. The number of hydrogen-bond acceptors (Lipinski definition) is 6. The third-order valence-electron chi connectivity index (χ3n) is 3.86. The average molecular weight is 355 g/mol.